The molecule has 178 valence electrons. The molecule has 0 heterocycles. The smallest absolute Gasteiger partial charge is 0.252 e. The Hall–Kier alpha value is -3.49. The summed E-state index contributed by atoms with van der Waals surface area (Å²) in [6, 6.07) is 23.8. The summed E-state index contributed by atoms with van der Waals surface area (Å²) < 4.78 is 26.8. The van der Waals surface area contributed by atoms with Gasteiger partial charge in [0.15, 0.2) is 0 Å². The lowest BCUT2D eigenvalue weighted by atomic mass is 10.0. The van der Waals surface area contributed by atoms with E-state index >= 15 is 0 Å². The van der Waals surface area contributed by atoms with E-state index in [4.69, 9.17) is 0 Å². The lowest BCUT2D eigenvalue weighted by Gasteiger charge is -2.19. The van der Waals surface area contributed by atoms with Crippen LogP contribution in [0.2, 0.25) is 0 Å². The quantitative estimate of drug-likeness (QED) is 0.415. The Labute approximate surface area is 200 Å². The van der Waals surface area contributed by atoms with E-state index in [1.54, 1.807) is 74.5 Å². The van der Waals surface area contributed by atoms with Gasteiger partial charge >= 0.3 is 0 Å². The molecule has 1 atom stereocenters. The summed E-state index contributed by atoms with van der Waals surface area (Å²) in [5, 5.41) is 5.68. The summed E-state index contributed by atoms with van der Waals surface area (Å²) in [4.78, 5) is 25.7. The van der Waals surface area contributed by atoms with Crippen molar-refractivity contribution in [2.45, 2.75) is 38.2 Å². The standard InChI is InChI=1S/C26H29N3O4S/c1-19(2)29-34(32,33)18-21-15-13-20(14-16-21)17-27-26(31)24(22-9-5-3-6-10-22)28-25(30)23-11-7-4-8-12-23/h3-16,19,24,29H,17-18H2,1-2H3,(H,27,31)(H,28,30). The fourth-order valence-electron chi connectivity index (χ4n) is 3.41. The molecule has 0 aliphatic carbocycles. The predicted octanol–water partition coefficient (Wildman–Crippen LogP) is 3.30. The predicted molar refractivity (Wildman–Crippen MR) is 132 cm³/mol. The SMILES string of the molecule is CC(C)NS(=O)(=O)Cc1ccc(CNC(=O)C(NC(=O)c2ccccc2)c2ccccc2)cc1. The summed E-state index contributed by atoms with van der Waals surface area (Å²) in [5.74, 6) is -0.798. The second kappa shape index (κ2) is 11.6. The fraction of sp³-hybridized carbons (Fsp3) is 0.231. The van der Waals surface area contributed by atoms with Crippen LogP contribution in [-0.2, 0) is 27.1 Å². The van der Waals surface area contributed by atoms with E-state index in [-0.39, 0.29) is 30.2 Å². The molecule has 0 aliphatic rings. The molecule has 3 rings (SSSR count). The first-order valence-corrected chi connectivity index (χ1v) is 12.6. The number of hydrogen-bond donors (Lipinski definition) is 3. The van der Waals surface area contributed by atoms with Gasteiger partial charge in [-0.1, -0.05) is 72.8 Å². The minimum Gasteiger partial charge on any atom is -0.350 e. The number of carbonyl (C=O) groups is 2. The monoisotopic (exact) mass is 479 g/mol. The zero-order valence-corrected chi connectivity index (χ0v) is 20.0. The van der Waals surface area contributed by atoms with Gasteiger partial charge in [-0.3, -0.25) is 9.59 Å². The Kier molecular flexibility index (Phi) is 8.56. The molecular formula is C26H29N3O4S. The number of hydrogen-bond acceptors (Lipinski definition) is 4. The molecule has 7 nitrogen and oxygen atoms in total. The Morgan fingerprint density at radius 2 is 1.35 bits per heavy atom. The number of nitrogens with one attached hydrogen (secondary N) is 3. The van der Waals surface area contributed by atoms with Crippen LogP contribution < -0.4 is 15.4 Å². The Morgan fingerprint density at radius 1 is 0.794 bits per heavy atom. The van der Waals surface area contributed by atoms with Crippen molar-refractivity contribution >= 4 is 21.8 Å². The van der Waals surface area contributed by atoms with Gasteiger partial charge in [0.25, 0.3) is 5.91 Å². The number of carbonyl (C=O) groups excluding carboxylic acids is 2. The molecule has 3 aromatic rings. The molecule has 0 saturated heterocycles. The minimum atomic E-state index is -3.41. The van der Waals surface area contributed by atoms with Gasteiger partial charge in [-0.2, -0.15) is 0 Å². The van der Waals surface area contributed by atoms with Gasteiger partial charge in [0.2, 0.25) is 15.9 Å². The highest BCUT2D eigenvalue weighted by atomic mass is 32.2. The van der Waals surface area contributed by atoms with Gasteiger partial charge in [0.05, 0.1) is 5.75 Å². The van der Waals surface area contributed by atoms with E-state index in [9.17, 15) is 18.0 Å². The number of rotatable bonds is 10. The van der Waals surface area contributed by atoms with E-state index < -0.39 is 16.1 Å². The number of benzene rings is 3. The maximum Gasteiger partial charge on any atom is 0.252 e. The van der Waals surface area contributed by atoms with Gasteiger partial charge < -0.3 is 10.6 Å². The maximum atomic E-state index is 13.0. The van der Waals surface area contributed by atoms with E-state index in [1.807, 2.05) is 24.3 Å². The third-order valence-electron chi connectivity index (χ3n) is 4.97. The average molecular weight is 480 g/mol. The van der Waals surface area contributed by atoms with Crippen LogP contribution in [0.5, 0.6) is 0 Å². The van der Waals surface area contributed by atoms with Gasteiger partial charge in [0.1, 0.15) is 6.04 Å². The Balaban J connectivity index is 1.66. The van der Waals surface area contributed by atoms with Crippen LogP contribution in [0.1, 0.15) is 46.9 Å². The zero-order chi connectivity index (χ0) is 24.6. The molecule has 0 saturated carbocycles. The number of sulfonamides is 1. The molecule has 3 aromatic carbocycles. The summed E-state index contributed by atoms with van der Waals surface area (Å²) in [6.45, 7) is 3.78. The lowest BCUT2D eigenvalue weighted by molar-refractivity contribution is -0.123. The summed E-state index contributed by atoms with van der Waals surface area (Å²) in [6.07, 6.45) is 0. The molecule has 34 heavy (non-hydrogen) atoms. The highest BCUT2D eigenvalue weighted by Gasteiger charge is 2.23. The molecule has 0 aliphatic heterocycles. The van der Waals surface area contributed by atoms with Crippen molar-refractivity contribution in [1.82, 2.24) is 15.4 Å². The van der Waals surface area contributed by atoms with Crippen molar-refractivity contribution in [2.75, 3.05) is 0 Å². The first kappa shape index (κ1) is 25.1. The van der Waals surface area contributed by atoms with E-state index in [0.29, 0.717) is 16.7 Å². The minimum absolute atomic E-state index is 0.112. The summed E-state index contributed by atoms with van der Waals surface area (Å²) in [5.41, 5.74) is 2.60. The Bertz CT molecular complexity index is 1200. The second-order valence-electron chi connectivity index (χ2n) is 8.25. The van der Waals surface area contributed by atoms with Crippen molar-refractivity contribution < 1.29 is 18.0 Å². The van der Waals surface area contributed by atoms with Gasteiger partial charge in [0, 0.05) is 18.2 Å². The van der Waals surface area contributed by atoms with E-state index in [1.165, 1.54) is 0 Å². The topological polar surface area (TPSA) is 104 Å². The van der Waals surface area contributed by atoms with Crippen LogP contribution in [0.3, 0.4) is 0 Å². The fourth-order valence-corrected chi connectivity index (χ4v) is 4.85. The van der Waals surface area contributed by atoms with Crippen LogP contribution >= 0.6 is 0 Å². The zero-order valence-electron chi connectivity index (χ0n) is 19.2. The molecule has 0 bridgehead atoms. The van der Waals surface area contributed by atoms with Crippen LogP contribution in [0.4, 0.5) is 0 Å². The third-order valence-corrected chi connectivity index (χ3v) is 6.51. The lowest BCUT2D eigenvalue weighted by Crippen LogP contribution is -2.40. The summed E-state index contributed by atoms with van der Waals surface area (Å²) in [7, 11) is -3.41. The molecular weight excluding hydrogens is 450 g/mol. The average Bonchev–Trinajstić information content (AvgIpc) is 2.81. The van der Waals surface area contributed by atoms with Crippen molar-refractivity contribution in [3.05, 3.63) is 107 Å². The second-order valence-corrected chi connectivity index (χ2v) is 10.0. The summed E-state index contributed by atoms with van der Waals surface area (Å²) >= 11 is 0. The van der Waals surface area contributed by atoms with Crippen LogP contribution in [-0.4, -0.2) is 26.3 Å². The van der Waals surface area contributed by atoms with Crippen LogP contribution in [0, 0.1) is 0 Å². The van der Waals surface area contributed by atoms with Gasteiger partial charge in [-0.05, 0) is 42.7 Å². The van der Waals surface area contributed by atoms with Crippen molar-refractivity contribution in [2.24, 2.45) is 0 Å². The number of amides is 2. The largest absolute Gasteiger partial charge is 0.350 e. The van der Waals surface area contributed by atoms with Crippen molar-refractivity contribution in [1.29, 1.82) is 0 Å². The van der Waals surface area contributed by atoms with Crippen molar-refractivity contribution in [3.8, 4) is 0 Å². The molecule has 0 aromatic heterocycles. The molecule has 0 fully saturated rings. The first-order chi connectivity index (χ1) is 16.2. The molecule has 1 unspecified atom stereocenters. The first-order valence-electron chi connectivity index (χ1n) is 11.0. The van der Waals surface area contributed by atoms with E-state index in [0.717, 1.165) is 5.56 Å². The Morgan fingerprint density at radius 3 is 1.94 bits per heavy atom. The third kappa shape index (κ3) is 7.54. The van der Waals surface area contributed by atoms with Gasteiger partial charge in [-0.15, -0.1) is 0 Å². The molecule has 0 spiro atoms. The molecule has 3 N–H and O–H groups in total. The van der Waals surface area contributed by atoms with Crippen LogP contribution in [0.25, 0.3) is 0 Å². The van der Waals surface area contributed by atoms with Gasteiger partial charge in [-0.25, -0.2) is 13.1 Å². The molecule has 8 heteroatoms. The normalized spacial score (nSPS) is 12.2. The molecule has 2 amide bonds. The molecule has 0 radical (unpaired) electrons. The maximum absolute atomic E-state index is 13.0. The highest BCUT2D eigenvalue weighted by Crippen LogP contribution is 2.15. The highest BCUT2D eigenvalue weighted by molar-refractivity contribution is 7.88. The van der Waals surface area contributed by atoms with Crippen molar-refractivity contribution in [3.63, 3.8) is 0 Å². The van der Waals surface area contributed by atoms with Crippen LogP contribution in [0.15, 0.2) is 84.9 Å². The van der Waals surface area contributed by atoms with E-state index in [2.05, 4.69) is 15.4 Å².